The van der Waals surface area contributed by atoms with Crippen LogP contribution >= 0.6 is 23.2 Å². The Balaban J connectivity index is 1.07. The molecule has 1 aliphatic carbocycles. The number of hydrogen-bond acceptors (Lipinski definition) is 9. The van der Waals surface area contributed by atoms with Crippen molar-refractivity contribution in [1.29, 1.82) is 0 Å². The highest BCUT2D eigenvalue weighted by molar-refractivity contribution is 6.39. The molecule has 1 aromatic carbocycles. The van der Waals surface area contributed by atoms with Gasteiger partial charge in [-0.05, 0) is 38.0 Å². The van der Waals surface area contributed by atoms with Gasteiger partial charge < -0.3 is 14.9 Å². The summed E-state index contributed by atoms with van der Waals surface area (Å²) < 4.78 is 8.83. The number of aliphatic hydroxyl groups is 2. The number of rotatable bonds is 8. The van der Waals surface area contributed by atoms with E-state index in [4.69, 9.17) is 38.0 Å². The summed E-state index contributed by atoms with van der Waals surface area (Å²) in [7, 11) is 3.33. The number of fused-ring (bicyclic) bond motifs is 1. The Kier molecular flexibility index (Phi) is 7.86. The molecule has 11 nitrogen and oxygen atoms in total. The molecule has 1 saturated carbocycles. The number of hydrogen-bond donors (Lipinski definition) is 2. The van der Waals surface area contributed by atoms with Gasteiger partial charge in [0.25, 0.3) is 5.56 Å². The first-order valence-electron chi connectivity index (χ1n) is 16.3. The van der Waals surface area contributed by atoms with Gasteiger partial charge in [-0.2, -0.15) is 5.10 Å². The summed E-state index contributed by atoms with van der Waals surface area (Å²) in [5.74, 6) is 1.14. The van der Waals surface area contributed by atoms with Gasteiger partial charge in [0.05, 0.1) is 46.8 Å². The number of β-amino-alcohol motifs (C(OH)–C–C–N with tert-alkyl or cyclic N) is 1. The minimum Gasteiger partial charge on any atom is -0.481 e. The van der Waals surface area contributed by atoms with Crippen LogP contribution in [0.3, 0.4) is 0 Å². The van der Waals surface area contributed by atoms with Gasteiger partial charge in [-0.3, -0.25) is 24.1 Å². The van der Waals surface area contributed by atoms with Crippen LogP contribution < -0.4 is 10.3 Å². The topological polar surface area (TPSA) is 121 Å². The van der Waals surface area contributed by atoms with E-state index in [2.05, 4.69) is 9.88 Å². The third-order valence-electron chi connectivity index (χ3n) is 10.1. The van der Waals surface area contributed by atoms with E-state index in [1.807, 2.05) is 41.3 Å². The van der Waals surface area contributed by atoms with Gasteiger partial charge in [0.1, 0.15) is 11.3 Å². The summed E-state index contributed by atoms with van der Waals surface area (Å²) in [5, 5.41) is 25.5. The zero-order valence-corrected chi connectivity index (χ0v) is 29.0. The van der Waals surface area contributed by atoms with Gasteiger partial charge in [-0.1, -0.05) is 47.5 Å². The fraction of sp³-hybridized carbons (Fsp3) is 0.389. The SMILES string of the molecule is COc1nc(-c2cccc(-c3ccnc(-c4cc5c(=O)n(C)c(CN6CC(C)(O)C6)nn5c4)c3Cl)c2Cl)ccc1CN1CC2(CC(O)C2)C1. The number of pyridine rings is 2. The van der Waals surface area contributed by atoms with Crippen molar-refractivity contribution < 1.29 is 14.9 Å². The van der Waals surface area contributed by atoms with E-state index in [0.29, 0.717) is 69.4 Å². The Morgan fingerprint density at radius 2 is 1.69 bits per heavy atom. The normalized spacial score (nSPS) is 18.8. The smallest absolute Gasteiger partial charge is 0.277 e. The summed E-state index contributed by atoms with van der Waals surface area (Å²) in [6.45, 7) is 5.98. The lowest BCUT2D eigenvalue weighted by atomic mass is 9.62. The maximum absolute atomic E-state index is 13.3. The molecule has 0 radical (unpaired) electrons. The fourth-order valence-corrected chi connectivity index (χ4v) is 8.48. The predicted molar refractivity (Wildman–Crippen MR) is 188 cm³/mol. The molecule has 4 aromatic heterocycles. The maximum Gasteiger partial charge on any atom is 0.277 e. The Morgan fingerprint density at radius 3 is 2.41 bits per heavy atom. The van der Waals surface area contributed by atoms with Crippen molar-refractivity contribution in [3.05, 3.63) is 86.6 Å². The van der Waals surface area contributed by atoms with Gasteiger partial charge in [0.15, 0.2) is 0 Å². The molecular formula is C36H37Cl2N7O4. The summed E-state index contributed by atoms with van der Waals surface area (Å²) >= 11 is 14.2. The molecule has 49 heavy (non-hydrogen) atoms. The average Bonchev–Trinajstić information content (AvgIpc) is 3.45. The molecule has 3 fully saturated rings. The molecule has 1 spiro atoms. The third kappa shape index (κ3) is 5.72. The minimum absolute atomic E-state index is 0.149. The van der Waals surface area contributed by atoms with Crippen LogP contribution in [0.5, 0.6) is 5.88 Å². The second-order valence-corrected chi connectivity index (χ2v) is 15.0. The monoisotopic (exact) mass is 701 g/mol. The van der Waals surface area contributed by atoms with E-state index in [1.54, 1.807) is 48.6 Å². The lowest BCUT2D eigenvalue weighted by molar-refractivity contribution is -0.131. The van der Waals surface area contributed by atoms with Crippen LogP contribution in [-0.4, -0.2) is 89.2 Å². The van der Waals surface area contributed by atoms with Gasteiger partial charge in [-0.25, -0.2) is 9.50 Å². The molecule has 6 heterocycles. The van der Waals surface area contributed by atoms with Gasteiger partial charge in [-0.15, -0.1) is 0 Å². The van der Waals surface area contributed by atoms with Crippen molar-refractivity contribution in [2.45, 2.75) is 44.6 Å². The summed E-state index contributed by atoms with van der Waals surface area (Å²) in [4.78, 5) is 27.2. The van der Waals surface area contributed by atoms with E-state index < -0.39 is 5.60 Å². The lowest BCUT2D eigenvalue weighted by Gasteiger charge is -2.58. The van der Waals surface area contributed by atoms with E-state index >= 15 is 0 Å². The number of halogens is 2. The number of benzene rings is 1. The average molecular weight is 703 g/mol. The van der Waals surface area contributed by atoms with E-state index in [9.17, 15) is 15.0 Å². The molecule has 13 heteroatoms. The van der Waals surface area contributed by atoms with Crippen molar-refractivity contribution in [2.24, 2.45) is 12.5 Å². The van der Waals surface area contributed by atoms with Crippen molar-refractivity contribution in [3.8, 4) is 39.5 Å². The van der Waals surface area contributed by atoms with Crippen molar-refractivity contribution in [3.63, 3.8) is 0 Å². The molecule has 0 bridgehead atoms. The lowest BCUT2D eigenvalue weighted by Crippen LogP contribution is -2.63. The van der Waals surface area contributed by atoms with Crippen molar-refractivity contribution >= 4 is 28.7 Å². The Morgan fingerprint density at radius 1 is 0.980 bits per heavy atom. The van der Waals surface area contributed by atoms with Gasteiger partial charge in [0.2, 0.25) is 5.88 Å². The molecule has 2 saturated heterocycles. The molecule has 8 rings (SSSR count). The molecule has 0 unspecified atom stereocenters. The Hall–Kier alpha value is -3.84. The number of aliphatic hydroxyl groups excluding tert-OH is 1. The summed E-state index contributed by atoms with van der Waals surface area (Å²) in [5.41, 5.74) is 4.76. The van der Waals surface area contributed by atoms with Crippen molar-refractivity contribution in [2.75, 3.05) is 33.3 Å². The molecule has 0 amide bonds. The third-order valence-corrected chi connectivity index (χ3v) is 10.9. The summed E-state index contributed by atoms with van der Waals surface area (Å²) in [6.07, 6.45) is 5.07. The number of aromatic nitrogens is 5. The fourth-order valence-electron chi connectivity index (χ4n) is 7.83. The van der Waals surface area contributed by atoms with E-state index in [-0.39, 0.29) is 17.1 Å². The maximum atomic E-state index is 13.3. The van der Waals surface area contributed by atoms with Crippen LogP contribution in [-0.2, 0) is 20.1 Å². The van der Waals surface area contributed by atoms with Gasteiger partial charge >= 0.3 is 0 Å². The van der Waals surface area contributed by atoms with Crippen LogP contribution in [0.15, 0.2) is 59.7 Å². The first-order chi connectivity index (χ1) is 23.4. The molecule has 0 atom stereocenters. The van der Waals surface area contributed by atoms with Crippen LogP contribution in [0.1, 0.15) is 31.2 Å². The Bertz CT molecular complexity index is 2160. The predicted octanol–water partition coefficient (Wildman–Crippen LogP) is 4.66. The highest BCUT2D eigenvalue weighted by Crippen LogP contribution is 2.49. The standard InChI is InChI=1S/C36H37Cl2N7O4/c1-35(48)17-44(18-35)16-29-41-45-15-22(11-28(45)34(47)42(29)2)32-31(38)25(9-10-39-32)24-5-4-6-26(30(24)37)27-8-7-21(33(40-27)49-3)14-43-19-36(20-43)12-23(46)13-36/h4-11,15,23,46,48H,12-14,16-20H2,1-3H3. The summed E-state index contributed by atoms with van der Waals surface area (Å²) in [6, 6.07) is 13.3. The van der Waals surface area contributed by atoms with Gasteiger partial charge in [0, 0.05) is 85.4 Å². The number of likely N-dealkylation sites (tertiary alicyclic amines) is 2. The minimum atomic E-state index is -0.715. The molecule has 2 N–H and O–H groups in total. The quantitative estimate of drug-likeness (QED) is 0.238. The number of methoxy groups -OCH3 is 1. The second kappa shape index (κ2) is 11.9. The van der Waals surface area contributed by atoms with E-state index in [0.717, 1.165) is 49.2 Å². The molecule has 254 valence electrons. The molecule has 2 aliphatic heterocycles. The molecular weight excluding hydrogens is 665 g/mol. The molecule has 5 aromatic rings. The molecule has 3 aliphatic rings. The largest absolute Gasteiger partial charge is 0.481 e. The number of ether oxygens (including phenoxy) is 1. The van der Waals surface area contributed by atoms with Crippen molar-refractivity contribution in [1.82, 2.24) is 33.9 Å². The van der Waals surface area contributed by atoms with E-state index in [1.165, 1.54) is 0 Å². The zero-order valence-electron chi connectivity index (χ0n) is 27.5. The number of nitrogens with zero attached hydrogens (tertiary/aromatic N) is 7. The first-order valence-corrected chi connectivity index (χ1v) is 17.1. The van der Waals surface area contributed by atoms with Crippen LogP contribution in [0.2, 0.25) is 10.0 Å². The highest BCUT2D eigenvalue weighted by atomic mass is 35.5. The highest BCUT2D eigenvalue weighted by Gasteiger charge is 2.51. The first kappa shape index (κ1) is 32.4. The van der Waals surface area contributed by atoms with Crippen LogP contribution in [0.4, 0.5) is 0 Å². The van der Waals surface area contributed by atoms with Crippen LogP contribution in [0, 0.1) is 5.41 Å². The zero-order chi connectivity index (χ0) is 34.2. The second-order valence-electron chi connectivity index (χ2n) is 14.2. The Labute approximate surface area is 293 Å². The van der Waals surface area contributed by atoms with Crippen LogP contribution in [0.25, 0.3) is 39.2 Å².